The summed E-state index contributed by atoms with van der Waals surface area (Å²) in [6, 6.07) is 0.171. The number of piperidine rings is 1. The molecule has 1 saturated heterocycles. The maximum Gasteiger partial charge on any atom is 0.313 e. The predicted molar refractivity (Wildman–Crippen MR) is 104 cm³/mol. The second-order valence-corrected chi connectivity index (χ2v) is 8.92. The maximum atomic E-state index is 13.0. The number of nitrogens with one attached hydrogen (secondary N) is 1. The molecular weight excluding hydrogens is 360 g/mol. The van der Waals surface area contributed by atoms with Crippen molar-refractivity contribution in [3.63, 3.8) is 0 Å². The molecule has 3 rings (SSSR count). The number of carboxylic acids is 1. The number of aliphatic carboxylic acids is 1. The summed E-state index contributed by atoms with van der Waals surface area (Å²) >= 11 is 0. The number of hydrogen-bond acceptors (Lipinski definition) is 4. The van der Waals surface area contributed by atoms with Crippen molar-refractivity contribution >= 4 is 17.8 Å². The SMILES string of the molecule is COCC1(C(=O)O)CCCN(C(=O)C2CCC(NC(=O)C3CCCC3)CC2)C1. The van der Waals surface area contributed by atoms with Crippen molar-refractivity contribution < 1.29 is 24.2 Å². The van der Waals surface area contributed by atoms with Gasteiger partial charge in [0, 0.05) is 38.1 Å². The zero-order valence-electron chi connectivity index (χ0n) is 17.0. The number of carbonyl (C=O) groups is 3. The van der Waals surface area contributed by atoms with E-state index in [0.29, 0.717) is 19.4 Å². The van der Waals surface area contributed by atoms with E-state index in [1.54, 1.807) is 4.90 Å². The summed E-state index contributed by atoms with van der Waals surface area (Å²) in [6.45, 7) is 0.981. The molecule has 1 unspecified atom stereocenters. The number of nitrogens with zero attached hydrogens (tertiary/aromatic N) is 1. The molecule has 0 radical (unpaired) electrons. The zero-order valence-corrected chi connectivity index (χ0v) is 17.0. The molecule has 1 atom stereocenters. The van der Waals surface area contributed by atoms with E-state index in [0.717, 1.165) is 51.4 Å². The van der Waals surface area contributed by atoms with Gasteiger partial charge in [-0.15, -0.1) is 0 Å². The Bertz CT molecular complexity index is 577. The van der Waals surface area contributed by atoms with Crippen molar-refractivity contribution in [1.29, 1.82) is 0 Å². The molecule has 0 spiro atoms. The summed E-state index contributed by atoms with van der Waals surface area (Å²) in [6.07, 6.45) is 8.70. The van der Waals surface area contributed by atoms with Crippen LogP contribution in [0, 0.1) is 17.3 Å². The van der Waals surface area contributed by atoms with Gasteiger partial charge in [-0.25, -0.2) is 0 Å². The minimum absolute atomic E-state index is 0.0632. The fraction of sp³-hybridized carbons (Fsp3) is 0.857. The molecule has 0 bridgehead atoms. The number of ether oxygens (including phenoxy) is 1. The molecule has 7 heteroatoms. The molecule has 1 aliphatic heterocycles. The molecule has 3 fully saturated rings. The Labute approximate surface area is 167 Å². The molecule has 2 N–H and O–H groups in total. The Kier molecular flexibility index (Phi) is 6.96. The van der Waals surface area contributed by atoms with E-state index in [1.807, 2.05) is 0 Å². The molecule has 0 aromatic heterocycles. The van der Waals surface area contributed by atoms with Gasteiger partial charge in [-0.2, -0.15) is 0 Å². The first-order valence-corrected chi connectivity index (χ1v) is 10.8. The molecule has 7 nitrogen and oxygen atoms in total. The first-order chi connectivity index (χ1) is 13.4. The lowest BCUT2D eigenvalue weighted by Gasteiger charge is -2.41. The van der Waals surface area contributed by atoms with Crippen LogP contribution in [0.1, 0.15) is 64.2 Å². The van der Waals surface area contributed by atoms with Crippen molar-refractivity contribution in [1.82, 2.24) is 10.2 Å². The highest BCUT2D eigenvalue weighted by molar-refractivity contribution is 5.82. The van der Waals surface area contributed by atoms with Gasteiger partial charge in [0.25, 0.3) is 0 Å². The Morgan fingerprint density at radius 2 is 1.71 bits per heavy atom. The molecule has 0 aromatic carbocycles. The molecule has 1 heterocycles. The minimum atomic E-state index is -0.991. The van der Waals surface area contributed by atoms with Gasteiger partial charge in [0.1, 0.15) is 5.41 Å². The van der Waals surface area contributed by atoms with Crippen LogP contribution in [0.25, 0.3) is 0 Å². The number of methoxy groups -OCH3 is 1. The van der Waals surface area contributed by atoms with Crippen LogP contribution < -0.4 is 5.32 Å². The van der Waals surface area contributed by atoms with Crippen molar-refractivity contribution in [2.75, 3.05) is 26.8 Å². The Balaban J connectivity index is 1.50. The first kappa shape index (κ1) is 21.1. The van der Waals surface area contributed by atoms with Crippen LogP contribution in [-0.2, 0) is 19.1 Å². The van der Waals surface area contributed by atoms with Crippen LogP contribution >= 0.6 is 0 Å². The largest absolute Gasteiger partial charge is 0.481 e. The van der Waals surface area contributed by atoms with Crippen LogP contribution in [0.2, 0.25) is 0 Å². The topological polar surface area (TPSA) is 95.9 Å². The Morgan fingerprint density at radius 3 is 2.32 bits per heavy atom. The van der Waals surface area contributed by atoms with Crippen molar-refractivity contribution in [2.24, 2.45) is 17.3 Å². The molecule has 2 saturated carbocycles. The lowest BCUT2D eigenvalue weighted by molar-refractivity contribution is -0.160. The highest BCUT2D eigenvalue weighted by atomic mass is 16.5. The van der Waals surface area contributed by atoms with Crippen LogP contribution in [0.15, 0.2) is 0 Å². The maximum absolute atomic E-state index is 13.0. The summed E-state index contributed by atoms with van der Waals surface area (Å²) in [4.78, 5) is 38.9. The summed E-state index contributed by atoms with van der Waals surface area (Å²) in [7, 11) is 1.51. The molecule has 2 aliphatic carbocycles. The fourth-order valence-corrected chi connectivity index (χ4v) is 5.20. The quantitative estimate of drug-likeness (QED) is 0.720. The number of amides is 2. The van der Waals surface area contributed by atoms with E-state index >= 15 is 0 Å². The van der Waals surface area contributed by atoms with Gasteiger partial charge in [0.2, 0.25) is 11.8 Å². The van der Waals surface area contributed by atoms with E-state index in [1.165, 1.54) is 7.11 Å². The standard InChI is InChI=1S/C21H34N2O5/c1-28-14-21(20(26)27)11-4-12-23(13-21)19(25)16-7-9-17(10-8-16)22-18(24)15-5-2-3-6-15/h15-17H,2-14H2,1H3,(H,22,24)(H,26,27). The predicted octanol–water partition coefficient (Wildman–Crippen LogP) is 2.19. The van der Waals surface area contributed by atoms with Crippen LogP contribution in [0.5, 0.6) is 0 Å². The first-order valence-electron chi connectivity index (χ1n) is 10.8. The van der Waals surface area contributed by atoms with Crippen molar-refractivity contribution in [3.05, 3.63) is 0 Å². The molecule has 0 aromatic rings. The van der Waals surface area contributed by atoms with Crippen molar-refractivity contribution in [2.45, 2.75) is 70.3 Å². The third-order valence-corrected chi connectivity index (χ3v) is 6.91. The minimum Gasteiger partial charge on any atom is -0.481 e. The van der Waals surface area contributed by atoms with E-state index in [-0.39, 0.29) is 42.8 Å². The Hall–Kier alpha value is -1.63. The van der Waals surface area contributed by atoms with Gasteiger partial charge < -0.3 is 20.1 Å². The van der Waals surface area contributed by atoms with Gasteiger partial charge >= 0.3 is 5.97 Å². The molecule has 28 heavy (non-hydrogen) atoms. The van der Waals surface area contributed by atoms with Gasteiger partial charge in [0.15, 0.2) is 0 Å². The average molecular weight is 395 g/mol. The number of carboxylic acid groups (broad SMARTS) is 1. The van der Waals surface area contributed by atoms with Gasteiger partial charge in [-0.05, 0) is 51.4 Å². The highest BCUT2D eigenvalue weighted by Crippen LogP contribution is 2.34. The zero-order chi connectivity index (χ0) is 20.1. The third-order valence-electron chi connectivity index (χ3n) is 6.91. The number of hydrogen-bond donors (Lipinski definition) is 2. The smallest absolute Gasteiger partial charge is 0.313 e. The van der Waals surface area contributed by atoms with E-state index in [9.17, 15) is 19.5 Å². The van der Waals surface area contributed by atoms with Crippen LogP contribution in [-0.4, -0.2) is 60.6 Å². The van der Waals surface area contributed by atoms with Gasteiger partial charge in [-0.3, -0.25) is 14.4 Å². The molecule has 158 valence electrons. The lowest BCUT2D eigenvalue weighted by Crippen LogP contribution is -2.53. The highest BCUT2D eigenvalue weighted by Gasteiger charge is 2.45. The second-order valence-electron chi connectivity index (χ2n) is 8.92. The number of likely N-dealkylation sites (tertiary alicyclic amines) is 1. The van der Waals surface area contributed by atoms with Gasteiger partial charge in [0.05, 0.1) is 6.61 Å². The summed E-state index contributed by atoms with van der Waals surface area (Å²) < 4.78 is 5.15. The summed E-state index contributed by atoms with van der Waals surface area (Å²) in [5.74, 6) is -0.509. The van der Waals surface area contributed by atoms with Crippen LogP contribution in [0.4, 0.5) is 0 Å². The van der Waals surface area contributed by atoms with Gasteiger partial charge in [-0.1, -0.05) is 12.8 Å². The van der Waals surface area contributed by atoms with E-state index < -0.39 is 11.4 Å². The number of rotatable bonds is 6. The van der Waals surface area contributed by atoms with Crippen molar-refractivity contribution in [3.8, 4) is 0 Å². The Morgan fingerprint density at radius 1 is 1.04 bits per heavy atom. The average Bonchev–Trinajstić information content (AvgIpc) is 3.23. The summed E-state index contributed by atoms with van der Waals surface area (Å²) in [5, 5.41) is 12.9. The molecule has 2 amide bonds. The van der Waals surface area contributed by atoms with E-state index in [4.69, 9.17) is 4.74 Å². The third kappa shape index (κ3) is 4.67. The lowest BCUT2D eigenvalue weighted by atomic mass is 9.79. The second kappa shape index (κ2) is 9.25. The fourth-order valence-electron chi connectivity index (χ4n) is 5.20. The normalized spacial score (nSPS) is 31.5. The van der Waals surface area contributed by atoms with Crippen LogP contribution in [0.3, 0.4) is 0 Å². The number of carbonyl (C=O) groups excluding carboxylic acids is 2. The van der Waals surface area contributed by atoms with E-state index in [2.05, 4.69) is 5.32 Å². The molecular formula is C21H34N2O5. The molecule has 3 aliphatic rings. The monoisotopic (exact) mass is 394 g/mol. The summed E-state index contributed by atoms with van der Waals surface area (Å²) in [5.41, 5.74) is -0.991.